The van der Waals surface area contributed by atoms with Crippen molar-refractivity contribution < 1.29 is 19.4 Å². The van der Waals surface area contributed by atoms with E-state index in [4.69, 9.17) is 9.84 Å². The largest absolute Gasteiger partial charge is 0.497 e. The number of amides is 1. The Balaban J connectivity index is 1.59. The molecule has 5 heteroatoms. The standard InChI is InChI=1S/C18H23NO4/c1-12(13-3-5-14(23-2)6-4-13)16(20)19-9-7-18(8-10-19)11-15(18)17(21)22/h3-6,12,15H,7-11H2,1-2H3,(H,21,22). The normalized spacial score (nSPS) is 23.4. The Kier molecular flexibility index (Phi) is 4.04. The highest BCUT2D eigenvalue weighted by atomic mass is 16.5. The number of hydrogen-bond donors (Lipinski definition) is 1. The molecule has 0 aromatic heterocycles. The third kappa shape index (κ3) is 2.92. The van der Waals surface area contributed by atoms with E-state index in [9.17, 15) is 9.59 Å². The predicted molar refractivity (Wildman–Crippen MR) is 85.4 cm³/mol. The first-order valence-corrected chi connectivity index (χ1v) is 8.12. The topological polar surface area (TPSA) is 66.8 Å². The number of carboxylic acids is 1. The van der Waals surface area contributed by atoms with Crippen LogP contribution in [0.1, 0.15) is 37.7 Å². The molecule has 124 valence electrons. The summed E-state index contributed by atoms with van der Waals surface area (Å²) in [4.78, 5) is 25.7. The number of aliphatic carboxylic acids is 1. The van der Waals surface area contributed by atoms with Gasteiger partial charge in [0.05, 0.1) is 18.9 Å². The van der Waals surface area contributed by atoms with Crippen molar-refractivity contribution in [1.82, 2.24) is 4.90 Å². The zero-order valence-electron chi connectivity index (χ0n) is 13.6. The van der Waals surface area contributed by atoms with Crippen LogP contribution in [-0.2, 0) is 9.59 Å². The average Bonchev–Trinajstić information content (AvgIpc) is 3.28. The van der Waals surface area contributed by atoms with Gasteiger partial charge in [0, 0.05) is 13.1 Å². The summed E-state index contributed by atoms with van der Waals surface area (Å²) in [5.74, 6) is -0.168. The van der Waals surface area contributed by atoms with Crippen molar-refractivity contribution in [3.05, 3.63) is 29.8 Å². The highest BCUT2D eigenvalue weighted by Gasteiger charge is 2.59. The summed E-state index contributed by atoms with van der Waals surface area (Å²) in [7, 11) is 1.62. The number of methoxy groups -OCH3 is 1. The number of carbonyl (C=O) groups excluding carboxylic acids is 1. The van der Waals surface area contributed by atoms with Gasteiger partial charge >= 0.3 is 5.97 Å². The summed E-state index contributed by atoms with van der Waals surface area (Å²) in [6.07, 6.45) is 2.40. The van der Waals surface area contributed by atoms with E-state index in [1.165, 1.54) is 0 Å². The molecule has 2 atom stereocenters. The lowest BCUT2D eigenvalue weighted by Gasteiger charge is -2.34. The van der Waals surface area contributed by atoms with Crippen molar-refractivity contribution in [2.45, 2.75) is 32.1 Å². The van der Waals surface area contributed by atoms with Gasteiger partial charge in [0.1, 0.15) is 5.75 Å². The first-order chi connectivity index (χ1) is 11.0. The number of rotatable bonds is 4. The van der Waals surface area contributed by atoms with Crippen LogP contribution >= 0.6 is 0 Å². The van der Waals surface area contributed by atoms with Crippen LogP contribution in [-0.4, -0.2) is 42.1 Å². The van der Waals surface area contributed by atoms with Crippen LogP contribution in [0.3, 0.4) is 0 Å². The van der Waals surface area contributed by atoms with Crippen LogP contribution < -0.4 is 4.74 Å². The van der Waals surface area contributed by atoms with E-state index in [0.29, 0.717) is 13.1 Å². The molecule has 1 saturated carbocycles. The molecule has 2 aliphatic rings. The Labute approximate surface area is 136 Å². The van der Waals surface area contributed by atoms with Gasteiger partial charge in [0.15, 0.2) is 0 Å². The van der Waals surface area contributed by atoms with Gasteiger partial charge in [-0.05, 0) is 49.3 Å². The van der Waals surface area contributed by atoms with E-state index < -0.39 is 5.97 Å². The van der Waals surface area contributed by atoms with Crippen molar-refractivity contribution in [3.8, 4) is 5.75 Å². The fourth-order valence-electron chi connectivity index (χ4n) is 3.73. The molecule has 1 aromatic carbocycles. The van der Waals surface area contributed by atoms with Gasteiger partial charge in [-0.2, -0.15) is 0 Å². The Hall–Kier alpha value is -2.04. The molecular formula is C18H23NO4. The van der Waals surface area contributed by atoms with Crippen molar-refractivity contribution >= 4 is 11.9 Å². The lowest BCUT2D eigenvalue weighted by atomic mass is 9.89. The Morgan fingerprint density at radius 2 is 1.87 bits per heavy atom. The molecule has 1 aliphatic carbocycles. The van der Waals surface area contributed by atoms with E-state index in [0.717, 1.165) is 30.6 Å². The van der Waals surface area contributed by atoms with E-state index >= 15 is 0 Å². The molecule has 0 radical (unpaired) electrons. The SMILES string of the molecule is COc1ccc(C(C)C(=O)N2CCC3(CC2)CC3C(=O)O)cc1. The summed E-state index contributed by atoms with van der Waals surface area (Å²) < 4.78 is 5.14. The molecule has 1 aliphatic heterocycles. The van der Waals surface area contributed by atoms with Crippen molar-refractivity contribution in [2.75, 3.05) is 20.2 Å². The molecular weight excluding hydrogens is 294 g/mol. The van der Waals surface area contributed by atoms with Crippen LogP contribution in [0.25, 0.3) is 0 Å². The van der Waals surface area contributed by atoms with Crippen LogP contribution in [0.5, 0.6) is 5.75 Å². The molecule has 23 heavy (non-hydrogen) atoms. The number of nitrogens with zero attached hydrogens (tertiary/aromatic N) is 1. The van der Waals surface area contributed by atoms with Crippen molar-refractivity contribution in [3.63, 3.8) is 0 Å². The second-order valence-corrected chi connectivity index (χ2v) is 6.78. The fourth-order valence-corrected chi connectivity index (χ4v) is 3.73. The number of carbonyl (C=O) groups is 2. The fraction of sp³-hybridized carbons (Fsp3) is 0.556. The molecule has 1 spiro atoms. The van der Waals surface area contributed by atoms with Gasteiger partial charge in [0.25, 0.3) is 0 Å². The molecule has 1 heterocycles. The van der Waals surface area contributed by atoms with Crippen LogP contribution in [0.2, 0.25) is 0 Å². The molecule has 3 rings (SSSR count). The maximum Gasteiger partial charge on any atom is 0.307 e. The summed E-state index contributed by atoms with van der Waals surface area (Å²) in [5, 5.41) is 9.13. The van der Waals surface area contributed by atoms with Gasteiger partial charge in [-0.15, -0.1) is 0 Å². The predicted octanol–water partition coefficient (Wildman–Crippen LogP) is 2.51. The minimum Gasteiger partial charge on any atom is -0.497 e. The Morgan fingerprint density at radius 1 is 1.26 bits per heavy atom. The van der Waals surface area contributed by atoms with E-state index in [1.807, 2.05) is 36.1 Å². The van der Waals surface area contributed by atoms with E-state index in [-0.39, 0.29) is 23.2 Å². The van der Waals surface area contributed by atoms with Crippen LogP contribution in [0.4, 0.5) is 0 Å². The quantitative estimate of drug-likeness (QED) is 0.926. The van der Waals surface area contributed by atoms with Crippen molar-refractivity contribution in [2.24, 2.45) is 11.3 Å². The summed E-state index contributed by atoms with van der Waals surface area (Å²) in [6, 6.07) is 7.58. The second kappa shape index (κ2) is 5.87. The molecule has 1 N–H and O–H groups in total. The maximum atomic E-state index is 12.7. The third-order valence-electron chi connectivity index (χ3n) is 5.54. The number of piperidine rings is 1. The Bertz CT molecular complexity index is 602. The highest BCUT2D eigenvalue weighted by molar-refractivity contribution is 5.83. The number of carboxylic acid groups (broad SMARTS) is 1. The number of likely N-dealkylation sites (tertiary alicyclic amines) is 1. The smallest absolute Gasteiger partial charge is 0.307 e. The highest BCUT2D eigenvalue weighted by Crippen LogP contribution is 2.59. The first-order valence-electron chi connectivity index (χ1n) is 8.12. The number of ether oxygens (including phenoxy) is 1. The first kappa shape index (κ1) is 15.8. The summed E-state index contributed by atoms with van der Waals surface area (Å²) >= 11 is 0. The van der Waals surface area contributed by atoms with Gasteiger partial charge < -0.3 is 14.7 Å². The molecule has 5 nitrogen and oxygen atoms in total. The monoisotopic (exact) mass is 317 g/mol. The molecule has 1 aromatic rings. The average molecular weight is 317 g/mol. The molecule has 1 saturated heterocycles. The lowest BCUT2D eigenvalue weighted by Crippen LogP contribution is -2.41. The maximum absolute atomic E-state index is 12.7. The van der Waals surface area contributed by atoms with E-state index in [2.05, 4.69) is 0 Å². The van der Waals surface area contributed by atoms with Gasteiger partial charge in [0.2, 0.25) is 5.91 Å². The molecule has 2 fully saturated rings. The molecule has 1 amide bonds. The van der Waals surface area contributed by atoms with Crippen molar-refractivity contribution in [1.29, 1.82) is 0 Å². The molecule has 0 bridgehead atoms. The van der Waals surface area contributed by atoms with E-state index in [1.54, 1.807) is 7.11 Å². The van der Waals surface area contributed by atoms with Gasteiger partial charge in [-0.25, -0.2) is 0 Å². The summed E-state index contributed by atoms with van der Waals surface area (Å²) in [5.41, 5.74) is 0.942. The minimum absolute atomic E-state index is 0.0357. The third-order valence-corrected chi connectivity index (χ3v) is 5.54. The second-order valence-electron chi connectivity index (χ2n) is 6.78. The Morgan fingerprint density at radius 3 is 2.35 bits per heavy atom. The molecule has 2 unspecified atom stereocenters. The number of hydrogen-bond acceptors (Lipinski definition) is 3. The lowest BCUT2D eigenvalue weighted by molar-refractivity contribution is -0.140. The number of benzene rings is 1. The van der Waals surface area contributed by atoms with Gasteiger partial charge in [-0.1, -0.05) is 12.1 Å². The van der Waals surface area contributed by atoms with Crippen LogP contribution in [0.15, 0.2) is 24.3 Å². The zero-order chi connectivity index (χ0) is 16.6. The van der Waals surface area contributed by atoms with Crippen LogP contribution in [0, 0.1) is 11.3 Å². The van der Waals surface area contributed by atoms with Gasteiger partial charge in [-0.3, -0.25) is 9.59 Å². The minimum atomic E-state index is -0.684. The zero-order valence-corrected chi connectivity index (χ0v) is 13.6. The summed E-state index contributed by atoms with van der Waals surface area (Å²) in [6.45, 7) is 3.26.